The average Bonchev–Trinajstić information content (AvgIpc) is 2.18. The summed E-state index contributed by atoms with van der Waals surface area (Å²) in [4.78, 5) is 13.4. The second kappa shape index (κ2) is 4.68. The predicted molar refractivity (Wildman–Crippen MR) is 50.9 cm³/mol. The van der Waals surface area contributed by atoms with Crippen LogP contribution in [0.1, 0.15) is 33.7 Å². The van der Waals surface area contributed by atoms with Crippen LogP contribution in [0.25, 0.3) is 0 Å². The molecule has 3 nitrogen and oxygen atoms in total. The molecule has 9 heteroatoms. The van der Waals surface area contributed by atoms with Crippen LogP contribution >= 0.6 is 11.6 Å². The third kappa shape index (κ3) is 2.53. The Labute approximate surface area is 102 Å². The monoisotopic (exact) mass is 289 g/mol. The molecule has 1 aromatic heterocycles. The second-order valence-electron chi connectivity index (χ2n) is 3.26. The first kappa shape index (κ1) is 14.6. The van der Waals surface area contributed by atoms with E-state index in [4.69, 9.17) is 16.7 Å². The molecule has 1 heterocycles. The van der Waals surface area contributed by atoms with E-state index in [0.717, 1.165) is 6.92 Å². The number of carboxylic acid groups (broad SMARTS) is 1. The molecule has 1 rings (SSSR count). The zero-order valence-corrected chi connectivity index (χ0v) is 9.40. The van der Waals surface area contributed by atoms with E-state index in [1.54, 1.807) is 0 Å². The van der Waals surface area contributed by atoms with Crippen molar-refractivity contribution in [3.63, 3.8) is 0 Å². The van der Waals surface area contributed by atoms with Gasteiger partial charge in [-0.25, -0.2) is 18.6 Å². The van der Waals surface area contributed by atoms with Gasteiger partial charge >= 0.3 is 12.1 Å². The van der Waals surface area contributed by atoms with E-state index in [-0.39, 0.29) is 0 Å². The normalized spacial score (nSPS) is 12.0. The van der Waals surface area contributed by atoms with Crippen molar-refractivity contribution in [2.75, 3.05) is 0 Å². The number of halogens is 6. The summed E-state index contributed by atoms with van der Waals surface area (Å²) >= 11 is 5.39. The number of rotatable bonds is 2. The summed E-state index contributed by atoms with van der Waals surface area (Å²) in [5.74, 6) is -1.94. The summed E-state index contributed by atoms with van der Waals surface area (Å²) in [5.41, 5.74) is -4.99. The van der Waals surface area contributed by atoms with Crippen LogP contribution < -0.4 is 0 Å². The van der Waals surface area contributed by atoms with Crippen molar-refractivity contribution in [1.82, 2.24) is 4.98 Å². The number of pyridine rings is 1. The summed E-state index contributed by atoms with van der Waals surface area (Å²) in [7, 11) is 0. The van der Waals surface area contributed by atoms with E-state index in [1.165, 1.54) is 0 Å². The van der Waals surface area contributed by atoms with E-state index >= 15 is 0 Å². The summed E-state index contributed by atoms with van der Waals surface area (Å²) < 4.78 is 62.5. The van der Waals surface area contributed by atoms with Gasteiger partial charge in [0.05, 0.1) is 10.6 Å². The van der Waals surface area contributed by atoms with Gasteiger partial charge < -0.3 is 5.11 Å². The minimum absolute atomic E-state index is 0.596. The quantitative estimate of drug-likeness (QED) is 0.845. The van der Waals surface area contributed by atoms with Gasteiger partial charge in [-0.2, -0.15) is 13.2 Å². The molecule has 0 saturated carbocycles. The third-order valence-electron chi connectivity index (χ3n) is 2.09. The molecule has 1 N–H and O–H groups in total. The van der Waals surface area contributed by atoms with Crippen molar-refractivity contribution in [1.29, 1.82) is 0 Å². The van der Waals surface area contributed by atoms with Gasteiger partial charge in [-0.15, -0.1) is 0 Å². The predicted octanol–water partition coefficient (Wildman–Crippen LogP) is 3.70. The molecule has 0 aliphatic rings. The molecule has 0 aliphatic heterocycles. The highest BCUT2D eigenvalue weighted by Gasteiger charge is 2.40. The molecule has 1 aromatic rings. The Kier molecular flexibility index (Phi) is 3.80. The Balaban J connectivity index is 3.73. The zero-order chi connectivity index (χ0) is 14.2. The number of alkyl halides is 5. The smallest absolute Gasteiger partial charge is 0.434 e. The highest BCUT2D eigenvalue weighted by atomic mass is 35.5. The van der Waals surface area contributed by atoms with Crippen molar-refractivity contribution in [3.05, 3.63) is 27.5 Å². The van der Waals surface area contributed by atoms with Gasteiger partial charge in [-0.05, 0) is 12.5 Å². The van der Waals surface area contributed by atoms with Crippen molar-refractivity contribution in [2.45, 2.75) is 19.5 Å². The lowest BCUT2D eigenvalue weighted by molar-refractivity contribution is -0.142. The molecule has 0 spiro atoms. The van der Waals surface area contributed by atoms with E-state index in [1.807, 2.05) is 0 Å². The molecule has 0 radical (unpaired) electrons. The summed E-state index contributed by atoms with van der Waals surface area (Å²) in [6.45, 7) is 0.911. The number of aromatic nitrogens is 1. The minimum Gasteiger partial charge on any atom is -0.478 e. The van der Waals surface area contributed by atoms with Gasteiger partial charge in [-0.3, -0.25) is 0 Å². The third-order valence-corrected chi connectivity index (χ3v) is 2.56. The van der Waals surface area contributed by atoms with E-state index in [9.17, 15) is 26.7 Å². The van der Waals surface area contributed by atoms with Crippen molar-refractivity contribution < 1.29 is 31.9 Å². The fourth-order valence-corrected chi connectivity index (χ4v) is 1.54. The fraction of sp³-hybridized carbons (Fsp3) is 0.333. The number of carboxylic acids is 1. The Morgan fingerprint density at radius 1 is 1.39 bits per heavy atom. The SMILES string of the molecule is Cc1c(Cl)c(C(F)F)nc(C(F)(F)F)c1C(=O)O. The van der Waals surface area contributed by atoms with E-state index in [0.29, 0.717) is 0 Å². The first-order chi connectivity index (χ1) is 8.07. The Morgan fingerprint density at radius 3 is 2.22 bits per heavy atom. The van der Waals surface area contributed by atoms with Crippen LogP contribution in [0.4, 0.5) is 22.0 Å². The zero-order valence-electron chi connectivity index (χ0n) is 8.65. The number of hydrogen-bond acceptors (Lipinski definition) is 2. The molecule has 0 fully saturated rings. The van der Waals surface area contributed by atoms with Gasteiger partial charge in [-0.1, -0.05) is 11.6 Å². The van der Waals surface area contributed by atoms with Crippen LogP contribution in [-0.2, 0) is 6.18 Å². The van der Waals surface area contributed by atoms with E-state index < -0.39 is 46.1 Å². The standard InChI is InChI=1S/C9H5ClF5NO2/c1-2-3(8(17)18)6(9(13,14)15)16-5(4(2)10)7(11)12/h7H,1H3,(H,17,18). The van der Waals surface area contributed by atoms with Gasteiger partial charge in [0.1, 0.15) is 5.69 Å². The van der Waals surface area contributed by atoms with Crippen LogP contribution in [-0.4, -0.2) is 16.1 Å². The Hall–Kier alpha value is -1.44. The highest BCUT2D eigenvalue weighted by Crippen LogP contribution is 2.37. The van der Waals surface area contributed by atoms with Crippen LogP contribution in [0.15, 0.2) is 0 Å². The van der Waals surface area contributed by atoms with Crippen molar-refractivity contribution in [2.24, 2.45) is 0 Å². The largest absolute Gasteiger partial charge is 0.478 e. The lowest BCUT2D eigenvalue weighted by Gasteiger charge is -2.15. The molecule has 0 unspecified atom stereocenters. The second-order valence-corrected chi connectivity index (χ2v) is 3.64. The van der Waals surface area contributed by atoms with Crippen LogP contribution in [0.3, 0.4) is 0 Å². The molecule has 100 valence electrons. The fourth-order valence-electron chi connectivity index (χ4n) is 1.32. The summed E-state index contributed by atoms with van der Waals surface area (Å²) in [6, 6.07) is 0. The van der Waals surface area contributed by atoms with Crippen molar-refractivity contribution >= 4 is 17.6 Å². The molecule has 0 saturated heterocycles. The maximum atomic E-state index is 12.6. The van der Waals surface area contributed by atoms with Crippen LogP contribution in [0.2, 0.25) is 5.02 Å². The molecule has 0 amide bonds. The van der Waals surface area contributed by atoms with Gasteiger partial charge in [0.15, 0.2) is 5.69 Å². The number of aromatic carboxylic acids is 1. The van der Waals surface area contributed by atoms with E-state index in [2.05, 4.69) is 4.98 Å². The Bertz CT molecular complexity index is 501. The maximum absolute atomic E-state index is 12.6. The number of hydrogen-bond donors (Lipinski definition) is 1. The Morgan fingerprint density at radius 2 is 1.89 bits per heavy atom. The minimum atomic E-state index is -5.16. The lowest BCUT2D eigenvalue weighted by Crippen LogP contribution is -2.19. The average molecular weight is 290 g/mol. The molecule has 0 bridgehead atoms. The van der Waals surface area contributed by atoms with Crippen LogP contribution in [0, 0.1) is 6.92 Å². The number of carbonyl (C=O) groups is 1. The molecular weight excluding hydrogens is 285 g/mol. The number of nitrogens with zero attached hydrogens (tertiary/aromatic N) is 1. The summed E-state index contributed by atoms with van der Waals surface area (Å²) in [6.07, 6.45) is -8.49. The molecule has 0 atom stereocenters. The first-order valence-corrected chi connectivity index (χ1v) is 4.73. The summed E-state index contributed by atoms with van der Waals surface area (Å²) in [5, 5.41) is 7.90. The van der Waals surface area contributed by atoms with Crippen molar-refractivity contribution in [3.8, 4) is 0 Å². The highest BCUT2D eigenvalue weighted by molar-refractivity contribution is 6.32. The molecular formula is C9H5ClF5NO2. The van der Waals surface area contributed by atoms with Gasteiger partial charge in [0.25, 0.3) is 6.43 Å². The van der Waals surface area contributed by atoms with Gasteiger partial charge in [0.2, 0.25) is 0 Å². The van der Waals surface area contributed by atoms with Crippen LogP contribution in [0.5, 0.6) is 0 Å². The topological polar surface area (TPSA) is 50.2 Å². The lowest BCUT2D eigenvalue weighted by atomic mass is 10.1. The molecule has 0 aromatic carbocycles. The molecule has 18 heavy (non-hydrogen) atoms. The van der Waals surface area contributed by atoms with Gasteiger partial charge in [0, 0.05) is 0 Å². The first-order valence-electron chi connectivity index (χ1n) is 4.36. The maximum Gasteiger partial charge on any atom is 0.434 e. The molecule has 0 aliphatic carbocycles.